The molecule has 1 aliphatic rings. The van der Waals surface area contributed by atoms with E-state index in [0.29, 0.717) is 24.3 Å². The second-order valence-electron chi connectivity index (χ2n) is 6.98. The Balaban J connectivity index is 1.53. The number of anilines is 1. The molecule has 144 valence electrons. The van der Waals surface area contributed by atoms with Crippen LogP contribution in [0.5, 0.6) is 0 Å². The van der Waals surface area contributed by atoms with E-state index >= 15 is 0 Å². The van der Waals surface area contributed by atoms with Crippen LogP contribution in [-0.4, -0.2) is 26.1 Å². The molecule has 1 aliphatic heterocycles. The number of hydrogen-bond acceptors (Lipinski definition) is 5. The van der Waals surface area contributed by atoms with Crippen molar-refractivity contribution in [3.05, 3.63) is 87.5 Å². The van der Waals surface area contributed by atoms with Gasteiger partial charge in [-0.05, 0) is 29.7 Å². The molecule has 0 fully saturated rings. The van der Waals surface area contributed by atoms with Crippen LogP contribution in [0, 0.1) is 10.1 Å². The van der Waals surface area contributed by atoms with E-state index in [2.05, 4.69) is 21.7 Å². The minimum Gasteiger partial charge on any atom is -0.392 e. The molecule has 2 heterocycles. The zero-order valence-corrected chi connectivity index (χ0v) is 15.5. The highest BCUT2D eigenvalue weighted by molar-refractivity contribution is 5.65. The fourth-order valence-corrected chi connectivity index (χ4v) is 3.74. The number of nitro groups is 1. The summed E-state index contributed by atoms with van der Waals surface area (Å²) in [6.07, 6.45) is 3.59. The maximum Gasteiger partial charge on any atom is 0.292 e. The molecule has 0 radical (unpaired) electrons. The van der Waals surface area contributed by atoms with Crippen molar-refractivity contribution in [2.75, 3.05) is 11.4 Å². The smallest absolute Gasteiger partial charge is 0.292 e. The van der Waals surface area contributed by atoms with Crippen molar-refractivity contribution in [1.29, 1.82) is 0 Å². The van der Waals surface area contributed by atoms with Crippen LogP contribution in [0.15, 0.2) is 54.9 Å². The van der Waals surface area contributed by atoms with Gasteiger partial charge < -0.3 is 14.6 Å². The fraction of sp³-hybridized carbons (Fsp3) is 0.286. The average molecular weight is 378 g/mol. The first-order valence-corrected chi connectivity index (χ1v) is 9.35. The maximum atomic E-state index is 11.4. The number of rotatable bonds is 6. The fourth-order valence-electron chi connectivity index (χ4n) is 3.74. The number of benzene rings is 2. The Kier molecular flexibility index (Phi) is 5.08. The standard InChI is InChI=1S/C21H22N4O3/c26-14-17-6-7-20(25(27)28)21(12-17)23-11-9-19-18(13-23)22-15-24(19)10-8-16-4-2-1-3-5-16/h1-7,12,15,26H,8-11,13-14H2. The van der Waals surface area contributed by atoms with Crippen LogP contribution < -0.4 is 4.90 Å². The number of nitrogens with zero attached hydrogens (tertiary/aromatic N) is 4. The van der Waals surface area contributed by atoms with Gasteiger partial charge >= 0.3 is 0 Å². The minimum absolute atomic E-state index is 0.0594. The van der Waals surface area contributed by atoms with E-state index in [1.807, 2.05) is 29.4 Å². The van der Waals surface area contributed by atoms with Gasteiger partial charge in [0.1, 0.15) is 5.69 Å². The number of nitro benzene ring substituents is 1. The van der Waals surface area contributed by atoms with E-state index in [9.17, 15) is 15.2 Å². The Bertz CT molecular complexity index is 985. The highest BCUT2D eigenvalue weighted by Crippen LogP contribution is 2.33. The molecule has 0 amide bonds. The number of aliphatic hydroxyl groups is 1. The van der Waals surface area contributed by atoms with E-state index in [1.165, 1.54) is 17.3 Å². The molecule has 28 heavy (non-hydrogen) atoms. The Hall–Kier alpha value is -3.19. The van der Waals surface area contributed by atoms with Gasteiger partial charge in [0, 0.05) is 31.3 Å². The molecular formula is C21H22N4O3. The van der Waals surface area contributed by atoms with Gasteiger partial charge in [0.05, 0.1) is 30.1 Å². The third kappa shape index (κ3) is 3.61. The number of hydrogen-bond donors (Lipinski definition) is 1. The number of aryl methyl sites for hydroxylation is 2. The first-order chi connectivity index (χ1) is 13.7. The summed E-state index contributed by atoms with van der Waals surface area (Å²) >= 11 is 0. The van der Waals surface area contributed by atoms with Crippen molar-refractivity contribution in [2.24, 2.45) is 0 Å². The van der Waals surface area contributed by atoms with E-state index in [1.54, 1.807) is 12.1 Å². The quantitative estimate of drug-likeness (QED) is 0.526. The van der Waals surface area contributed by atoms with E-state index in [-0.39, 0.29) is 17.2 Å². The first-order valence-electron chi connectivity index (χ1n) is 9.35. The number of aliphatic hydroxyl groups excluding tert-OH is 1. The van der Waals surface area contributed by atoms with Gasteiger partial charge in [-0.15, -0.1) is 0 Å². The molecule has 7 nitrogen and oxygen atoms in total. The molecule has 3 aromatic rings. The molecule has 2 aromatic carbocycles. The zero-order chi connectivity index (χ0) is 19.5. The number of imidazole rings is 1. The van der Waals surface area contributed by atoms with Crippen molar-refractivity contribution in [1.82, 2.24) is 9.55 Å². The van der Waals surface area contributed by atoms with Crippen LogP contribution in [0.4, 0.5) is 11.4 Å². The summed E-state index contributed by atoms with van der Waals surface area (Å²) < 4.78 is 2.19. The SMILES string of the molecule is O=[N+]([O-])c1ccc(CO)cc1N1CCc2c(ncn2CCc2ccccc2)C1. The predicted molar refractivity (Wildman–Crippen MR) is 106 cm³/mol. The molecule has 1 N–H and O–H groups in total. The zero-order valence-electron chi connectivity index (χ0n) is 15.5. The monoisotopic (exact) mass is 378 g/mol. The number of fused-ring (bicyclic) bond motifs is 1. The predicted octanol–water partition coefficient (Wildman–Crippen LogP) is 3.09. The molecule has 1 aromatic heterocycles. The Labute approximate surface area is 163 Å². The van der Waals surface area contributed by atoms with E-state index in [0.717, 1.165) is 25.1 Å². The highest BCUT2D eigenvalue weighted by Gasteiger charge is 2.26. The largest absolute Gasteiger partial charge is 0.392 e. The van der Waals surface area contributed by atoms with Crippen LogP contribution in [-0.2, 0) is 32.5 Å². The van der Waals surface area contributed by atoms with Gasteiger partial charge in [-0.1, -0.05) is 30.3 Å². The van der Waals surface area contributed by atoms with Crippen molar-refractivity contribution in [3.63, 3.8) is 0 Å². The molecule has 0 atom stereocenters. The van der Waals surface area contributed by atoms with Gasteiger partial charge in [-0.25, -0.2) is 4.98 Å². The van der Waals surface area contributed by atoms with Gasteiger partial charge in [-0.2, -0.15) is 0 Å². The van der Waals surface area contributed by atoms with Crippen molar-refractivity contribution in [2.45, 2.75) is 32.5 Å². The Morgan fingerprint density at radius 3 is 2.71 bits per heavy atom. The molecule has 0 unspecified atom stereocenters. The molecule has 0 saturated heterocycles. The lowest BCUT2D eigenvalue weighted by Crippen LogP contribution is -2.32. The van der Waals surface area contributed by atoms with Crippen LogP contribution in [0.1, 0.15) is 22.5 Å². The lowest BCUT2D eigenvalue weighted by Gasteiger charge is -2.29. The Morgan fingerprint density at radius 1 is 1.14 bits per heavy atom. The number of aromatic nitrogens is 2. The van der Waals surface area contributed by atoms with Crippen molar-refractivity contribution in [3.8, 4) is 0 Å². The third-order valence-corrected chi connectivity index (χ3v) is 5.24. The second kappa shape index (κ2) is 7.82. The summed E-state index contributed by atoms with van der Waals surface area (Å²) in [5, 5.41) is 20.8. The van der Waals surface area contributed by atoms with Crippen molar-refractivity contribution >= 4 is 11.4 Å². The first kappa shape index (κ1) is 18.2. The van der Waals surface area contributed by atoms with Crippen molar-refractivity contribution < 1.29 is 10.0 Å². The van der Waals surface area contributed by atoms with Crippen LogP contribution in [0.25, 0.3) is 0 Å². The van der Waals surface area contributed by atoms with Gasteiger partial charge in [0.15, 0.2) is 0 Å². The summed E-state index contributed by atoms with van der Waals surface area (Å²) in [6, 6.07) is 15.1. The summed E-state index contributed by atoms with van der Waals surface area (Å²) in [4.78, 5) is 17.6. The molecular weight excluding hydrogens is 356 g/mol. The minimum atomic E-state index is -0.371. The molecule has 7 heteroatoms. The summed E-state index contributed by atoms with van der Waals surface area (Å²) in [5.41, 5.74) is 4.72. The molecule has 0 aliphatic carbocycles. The average Bonchev–Trinajstić information content (AvgIpc) is 3.14. The van der Waals surface area contributed by atoms with Crippen LogP contribution >= 0.6 is 0 Å². The molecule has 0 bridgehead atoms. The Morgan fingerprint density at radius 2 is 1.96 bits per heavy atom. The van der Waals surface area contributed by atoms with E-state index in [4.69, 9.17) is 0 Å². The highest BCUT2D eigenvalue weighted by atomic mass is 16.6. The topological polar surface area (TPSA) is 84.4 Å². The summed E-state index contributed by atoms with van der Waals surface area (Å²) in [5.74, 6) is 0. The van der Waals surface area contributed by atoms with Gasteiger partial charge in [0.2, 0.25) is 0 Å². The van der Waals surface area contributed by atoms with E-state index < -0.39 is 0 Å². The van der Waals surface area contributed by atoms with Crippen LogP contribution in [0.2, 0.25) is 0 Å². The lowest BCUT2D eigenvalue weighted by atomic mass is 10.1. The summed E-state index contributed by atoms with van der Waals surface area (Å²) in [6.45, 7) is 1.94. The normalized spacial score (nSPS) is 13.4. The third-order valence-electron chi connectivity index (χ3n) is 5.24. The van der Waals surface area contributed by atoms with Gasteiger partial charge in [0.25, 0.3) is 5.69 Å². The second-order valence-corrected chi connectivity index (χ2v) is 6.98. The summed E-state index contributed by atoms with van der Waals surface area (Å²) in [7, 11) is 0. The lowest BCUT2D eigenvalue weighted by molar-refractivity contribution is -0.384. The molecule has 0 spiro atoms. The van der Waals surface area contributed by atoms with Gasteiger partial charge in [-0.3, -0.25) is 10.1 Å². The molecule has 0 saturated carbocycles. The molecule has 4 rings (SSSR count). The maximum absolute atomic E-state index is 11.4. The van der Waals surface area contributed by atoms with Crippen LogP contribution in [0.3, 0.4) is 0 Å².